The van der Waals surface area contributed by atoms with E-state index in [-0.39, 0.29) is 0 Å². The van der Waals surface area contributed by atoms with Crippen LogP contribution in [0, 0.1) is 6.92 Å². The number of benzene rings is 1. The maximum absolute atomic E-state index is 10.9. The predicted octanol–water partition coefficient (Wildman–Crippen LogP) is 3.00. The van der Waals surface area contributed by atoms with Crippen LogP contribution in [-0.2, 0) is 17.6 Å². The monoisotopic (exact) mass is 235 g/mol. The second-order valence-corrected chi connectivity index (χ2v) is 4.37. The molecule has 1 atom stereocenters. The molecular formula is C14H21NO2. The number of carboxylic acids is 1. The smallest absolute Gasteiger partial charge is 0.325 e. The number of aryl methyl sites for hydroxylation is 3. The lowest BCUT2D eigenvalue weighted by atomic mass is 9.99. The zero-order valence-electron chi connectivity index (χ0n) is 11.0. The number of anilines is 1. The van der Waals surface area contributed by atoms with Gasteiger partial charge in [-0.3, -0.25) is 4.79 Å². The van der Waals surface area contributed by atoms with E-state index < -0.39 is 12.0 Å². The van der Waals surface area contributed by atoms with Crippen LogP contribution in [0.3, 0.4) is 0 Å². The quantitative estimate of drug-likeness (QED) is 0.824. The Morgan fingerprint density at radius 3 is 2.12 bits per heavy atom. The van der Waals surface area contributed by atoms with Crippen LogP contribution in [0.5, 0.6) is 0 Å². The fourth-order valence-corrected chi connectivity index (χ4v) is 1.96. The van der Waals surface area contributed by atoms with Crippen LogP contribution in [0.25, 0.3) is 0 Å². The Hall–Kier alpha value is -1.51. The first kappa shape index (κ1) is 13.6. The Morgan fingerprint density at radius 1 is 1.29 bits per heavy atom. The number of hydrogen-bond donors (Lipinski definition) is 2. The first-order chi connectivity index (χ1) is 7.99. The molecule has 3 nitrogen and oxygen atoms in total. The molecule has 1 rings (SSSR count). The second-order valence-electron chi connectivity index (χ2n) is 4.37. The highest BCUT2D eigenvalue weighted by Crippen LogP contribution is 2.25. The van der Waals surface area contributed by atoms with Crippen molar-refractivity contribution in [2.45, 2.75) is 46.6 Å². The molecule has 0 fully saturated rings. The number of nitrogens with one attached hydrogen (secondary N) is 1. The Morgan fingerprint density at radius 2 is 1.76 bits per heavy atom. The minimum atomic E-state index is -0.824. The normalized spacial score (nSPS) is 12.2. The van der Waals surface area contributed by atoms with Gasteiger partial charge < -0.3 is 10.4 Å². The summed E-state index contributed by atoms with van der Waals surface area (Å²) in [7, 11) is 0. The summed E-state index contributed by atoms with van der Waals surface area (Å²) in [5, 5.41) is 12.1. The SMILES string of the molecule is CCc1cc(C)cc(CC)c1N[C@@H](C)C(=O)O. The summed E-state index contributed by atoms with van der Waals surface area (Å²) in [5.74, 6) is -0.824. The lowest BCUT2D eigenvalue weighted by molar-refractivity contribution is -0.137. The van der Waals surface area contributed by atoms with Crippen LogP contribution in [0.1, 0.15) is 37.5 Å². The van der Waals surface area contributed by atoms with Crippen molar-refractivity contribution < 1.29 is 9.90 Å². The molecule has 0 aliphatic heterocycles. The van der Waals surface area contributed by atoms with E-state index in [1.54, 1.807) is 6.92 Å². The van der Waals surface area contributed by atoms with E-state index in [2.05, 4.69) is 38.2 Å². The van der Waals surface area contributed by atoms with Crippen molar-refractivity contribution in [2.24, 2.45) is 0 Å². The zero-order valence-corrected chi connectivity index (χ0v) is 11.0. The highest BCUT2D eigenvalue weighted by molar-refractivity contribution is 5.78. The molecule has 0 bridgehead atoms. The molecule has 0 aliphatic rings. The maximum Gasteiger partial charge on any atom is 0.325 e. The largest absolute Gasteiger partial charge is 0.480 e. The van der Waals surface area contributed by atoms with E-state index in [4.69, 9.17) is 5.11 Å². The molecule has 1 aromatic carbocycles. The molecule has 0 aromatic heterocycles. The van der Waals surface area contributed by atoms with Gasteiger partial charge in [0.2, 0.25) is 0 Å². The summed E-state index contributed by atoms with van der Waals surface area (Å²) in [6.45, 7) is 7.92. The van der Waals surface area contributed by atoms with Crippen LogP contribution in [0.4, 0.5) is 5.69 Å². The number of hydrogen-bond acceptors (Lipinski definition) is 2. The van der Waals surface area contributed by atoms with Gasteiger partial charge in [0, 0.05) is 5.69 Å². The zero-order chi connectivity index (χ0) is 13.0. The van der Waals surface area contributed by atoms with E-state index in [9.17, 15) is 4.79 Å². The molecule has 1 aromatic rings. The van der Waals surface area contributed by atoms with Crippen molar-refractivity contribution >= 4 is 11.7 Å². The third-order valence-electron chi connectivity index (χ3n) is 2.94. The van der Waals surface area contributed by atoms with Crippen LogP contribution in [-0.4, -0.2) is 17.1 Å². The molecule has 0 spiro atoms. The third-order valence-corrected chi connectivity index (χ3v) is 2.94. The van der Waals surface area contributed by atoms with Crippen LogP contribution < -0.4 is 5.32 Å². The molecule has 3 heteroatoms. The minimum absolute atomic E-state index is 0.562. The fraction of sp³-hybridized carbons (Fsp3) is 0.500. The number of rotatable bonds is 5. The molecule has 0 heterocycles. The molecule has 0 radical (unpaired) electrons. The molecular weight excluding hydrogens is 214 g/mol. The molecule has 0 amide bonds. The molecule has 0 saturated heterocycles. The van der Waals surface area contributed by atoms with Gasteiger partial charge in [-0.1, -0.05) is 31.5 Å². The third kappa shape index (κ3) is 3.22. The summed E-state index contributed by atoms with van der Waals surface area (Å²) in [4.78, 5) is 10.9. The van der Waals surface area contributed by atoms with Crippen LogP contribution >= 0.6 is 0 Å². The first-order valence-corrected chi connectivity index (χ1v) is 6.11. The second kappa shape index (κ2) is 5.71. The molecule has 17 heavy (non-hydrogen) atoms. The Bertz CT molecular complexity index is 388. The van der Waals surface area contributed by atoms with Crippen LogP contribution in [0.15, 0.2) is 12.1 Å². The Kier molecular flexibility index (Phi) is 4.55. The van der Waals surface area contributed by atoms with Gasteiger partial charge in [0.05, 0.1) is 0 Å². The van der Waals surface area contributed by atoms with Gasteiger partial charge in [0.1, 0.15) is 6.04 Å². The van der Waals surface area contributed by atoms with Crippen molar-refractivity contribution in [3.63, 3.8) is 0 Å². The van der Waals surface area contributed by atoms with Gasteiger partial charge in [-0.25, -0.2) is 0 Å². The maximum atomic E-state index is 10.9. The van der Waals surface area contributed by atoms with Crippen molar-refractivity contribution in [3.8, 4) is 0 Å². The molecule has 0 aliphatic carbocycles. The number of carbonyl (C=O) groups is 1. The van der Waals surface area contributed by atoms with Crippen LogP contribution in [0.2, 0.25) is 0 Å². The van der Waals surface area contributed by atoms with E-state index in [1.165, 1.54) is 16.7 Å². The van der Waals surface area contributed by atoms with E-state index in [1.807, 2.05) is 0 Å². The first-order valence-electron chi connectivity index (χ1n) is 6.11. The molecule has 2 N–H and O–H groups in total. The summed E-state index contributed by atoms with van der Waals surface area (Å²) < 4.78 is 0. The minimum Gasteiger partial charge on any atom is -0.480 e. The van der Waals surface area contributed by atoms with Gasteiger partial charge in [0.15, 0.2) is 0 Å². The summed E-state index contributed by atoms with van der Waals surface area (Å²) in [5.41, 5.74) is 4.60. The fourth-order valence-electron chi connectivity index (χ4n) is 1.96. The highest BCUT2D eigenvalue weighted by Gasteiger charge is 2.14. The van der Waals surface area contributed by atoms with Gasteiger partial charge in [0.25, 0.3) is 0 Å². The summed E-state index contributed by atoms with van der Waals surface area (Å²) in [6, 6.07) is 3.68. The molecule has 0 saturated carbocycles. The average molecular weight is 235 g/mol. The average Bonchev–Trinajstić information content (AvgIpc) is 2.30. The topological polar surface area (TPSA) is 49.3 Å². The highest BCUT2D eigenvalue weighted by atomic mass is 16.4. The van der Waals surface area contributed by atoms with Crippen molar-refractivity contribution in [1.29, 1.82) is 0 Å². The van der Waals surface area contributed by atoms with Gasteiger partial charge in [-0.05, 0) is 37.8 Å². The summed E-state index contributed by atoms with van der Waals surface area (Å²) >= 11 is 0. The number of aliphatic carboxylic acids is 1. The van der Waals surface area contributed by atoms with Gasteiger partial charge >= 0.3 is 5.97 Å². The van der Waals surface area contributed by atoms with Crippen molar-refractivity contribution in [1.82, 2.24) is 0 Å². The lowest BCUT2D eigenvalue weighted by Gasteiger charge is -2.19. The van der Waals surface area contributed by atoms with E-state index in [0.29, 0.717) is 0 Å². The molecule has 94 valence electrons. The van der Waals surface area contributed by atoms with Gasteiger partial charge in [-0.15, -0.1) is 0 Å². The van der Waals surface area contributed by atoms with Crippen molar-refractivity contribution in [2.75, 3.05) is 5.32 Å². The van der Waals surface area contributed by atoms with E-state index in [0.717, 1.165) is 18.5 Å². The molecule has 0 unspecified atom stereocenters. The standard InChI is InChI=1S/C14H21NO2/c1-5-11-7-9(3)8-12(6-2)13(11)15-10(4)14(16)17/h7-8,10,15H,5-6H2,1-4H3,(H,16,17)/t10-/m0/s1. The lowest BCUT2D eigenvalue weighted by Crippen LogP contribution is -2.26. The van der Waals surface area contributed by atoms with Crippen molar-refractivity contribution in [3.05, 3.63) is 28.8 Å². The Balaban J connectivity index is 3.15. The van der Waals surface area contributed by atoms with Gasteiger partial charge in [-0.2, -0.15) is 0 Å². The predicted molar refractivity (Wildman–Crippen MR) is 70.7 cm³/mol. The number of carboxylic acid groups (broad SMARTS) is 1. The van der Waals surface area contributed by atoms with E-state index >= 15 is 0 Å². The summed E-state index contributed by atoms with van der Waals surface area (Å²) in [6.07, 6.45) is 1.81. The Labute approximate surface area is 103 Å².